The van der Waals surface area contributed by atoms with Crippen LogP contribution in [-0.4, -0.2) is 69.1 Å². The van der Waals surface area contributed by atoms with Gasteiger partial charge >= 0.3 is 0 Å². The summed E-state index contributed by atoms with van der Waals surface area (Å²) in [4.78, 5) is 30.5. The van der Waals surface area contributed by atoms with Crippen molar-refractivity contribution >= 4 is 39.1 Å². The number of anilines is 1. The Kier molecular flexibility index (Phi) is 8.24. The average molecular weight is 507 g/mol. The molecular formula is C25H30N8O2S. The number of likely N-dealkylation sites (N-methyl/N-ethyl adjacent to an activating group) is 1. The highest BCUT2D eigenvalue weighted by atomic mass is 32.1. The molecule has 4 aromatic rings. The van der Waals surface area contributed by atoms with Crippen molar-refractivity contribution in [1.29, 1.82) is 0 Å². The van der Waals surface area contributed by atoms with Crippen LogP contribution in [-0.2, 0) is 4.84 Å². The number of fused-ring (bicyclic) bond motifs is 1. The highest BCUT2D eigenvalue weighted by Crippen LogP contribution is 2.29. The van der Waals surface area contributed by atoms with Gasteiger partial charge in [0.2, 0.25) is 5.95 Å². The maximum atomic E-state index is 12.5. The Hall–Kier alpha value is -3.83. The summed E-state index contributed by atoms with van der Waals surface area (Å²) in [5.74, 6) is -0.0617. The molecule has 36 heavy (non-hydrogen) atoms. The molecule has 10 nitrogen and oxygen atoms in total. The van der Waals surface area contributed by atoms with Gasteiger partial charge in [-0.05, 0) is 44.3 Å². The molecule has 0 atom stereocenters. The van der Waals surface area contributed by atoms with Crippen molar-refractivity contribution < 1.29 is 9.63 Å². The highest BCUT2D eigenvalue weighted by molar-refractivity contribution is 7.20. The van der Waals surface area contributed by atoms with Gasteiger partial charge in [-0.25, -0.2) is 14.6 Å². The highest BCUT2D eigenvalue weighted by Gasteiger charge is 2.20. The van der Waals surface area contributed by atoms with Crippen LogP contribution < -0.4 is 11.1 Å². The summed E-state index contributed by atoms with van der Waals surface area (Å²) in [6.45, 7) is 9.69. The third kappa shape index (κ3) is 5.69. The van der Waals surface area contributed by atoms with Gasteiger partial charge < -0.3 is 20.8 Å². The molecule has 0 unspecified atom stereocenters. The fourth-order valence-corrected chi connectivity index (χ4v) is 4.68. The van der Waals surface area contributed by atoms with Crippen LogP contribution in [0.25, 0.3) is 15.9 Å². The number of benzene rings is 1. The number of carbonyl (C=O) groups is 1. The molecule has 0 fully saturated rings. The third-order valence-electron chi connectivity index (χ3n) is 5.65. The number of nitrogen functional groups attached to an aromatic ring is 1. The van der Waals surface area contributed by atoms with Crippen LogP contribution in [0.5, 0.6) is 0 Å². The second-order valence-electron chi connectivity index (χ2n) is 7.92. The molecule has 0 bridgehead atoms. The number of aromatic nitrogens is 4. The van der Waals surface area contributed by atoms with Crippen molar-refractivity contribution in [2.45, 2.75) is 20.8 Å². The molecule has 0 saturated heterocycles. The first-order chi connectivity index (χ1) is 17.5. The first-order valence-corrected chi connectivity index (χ1v) is 12.7. The number of rotatable bonds is 11. The van der Waals surface area contributed by atoms with Crippen molar-refractivity contribution in [3.05, 3.63) is 64.9 Å². The minimum absolute atomic E-state index is 0.103. The molecule has 0 saturated carbocycles. The predicted molar refractivity (Wildman–Crippen MR) is 143 cm³/mol. The minimum atomic E-state index is -0.164. The second-order valence-corrected chi connectivity index (χ2v) is 8.95. The lowest BCUT2D eigenvalue weighted by molar-refractivity contribution is 0.0960. The smallest absolute Gasteiger partial charge is 0.261 e. The first-order valence-electron chi connectivity index (χ1n) is 11.9. The molecule has 11 heteroatoms. The SMILES string of the molecule is CCNC(=O)c1cc2c(/C(=N/OCCN(CC)CC)c3ccc(-n4cccn4)cc3)nc(N)nc2s1. The molecule has 3 aromatic heterocycles. The number of nitrogens with two attached hydrogens (primary N) is 1. The van der Waals surface area contributed by atoms with E-state index < -0.39 is 0 Å². The Balaban J connectivity index is 1.75. The Bertz CT molecular complexity index is 1330. The largest absolute Gasteiger partial charge is 0.394 e. The zero-order chi connectivity index (χ0) is 25.5. The fraction of sp³-hybridized carbons (Fsp3) is 0.320. The standard InChI is InChI=1S/C25H30N8O2S/c1-4-27-23(34)20-16-19-22(29-25(26)30-24(19)36-20)21(31-35-15-14-32(5-2)6-3)17-8-10-18(11-9-17)33-13-7-12-28-33/h7-13,16H,4-6,14-15H2,1-3H3,(H,27,34)(H2,26,29,30)/b31-21+. The van der Waals surface area contributed by atoms with Gasteiger partial charge in [0.15, 0.2) is 0 Å². The van der Waals surface area contributed by atoms with Crippen molar-refractivity contribution in [3.8, 4) is 5.69 Å². The van der Waals surface area contributed by atoms with Gasteiger partial charge in [-0.15, -0.1) is 11.3 Å². The van der Waals surface area contributed by atoms with Crippen molar-refractivity contribution in [1.82, 2.24) is 30.0 Å². The van der Waals surface area contributed by atoms with E-state index in [0.717, 1.165) is 30.9 Å². The van der Waals surface area contributed by atoms with E-state index in [1.165, 1.54) is 11.3 Å². The predicted octanol–water partition coefficient (Wildman–Crippen LogP) is 3.32. The number of oxime groups is 1. The van der Waals surface area contributed by atoms with E-state index >= 15 is 0 Å². The maximum absolute atomic E-state index is 12.5. The van der Waals surface area contributed by atoms with Crippen LogP contribution in [0.4, 0.5) is 5.95 Å². The first kappa shape index (κ1) is 25.3. The Morgan fingerprint density at radius 1 is 1.19 bits per heavy atom. The number of amides is 1. The van der Waals surface area contributed by atoms with E-state index in [1.54, 1.807) is 16.9 Å². The minimum Gasteiger partial charge on any atom is -0.394 e. The summed E-state index contributed by atoms with van der Waals surface area (Å²) in [6, 6.07) is 11.4. The van der Waals surface area contributed by atoms with Gasteiger partial charge in [-0.3, -0.25) is 4.79 Å². The molecule has 0 spiro atoms. The van der Waals surface area contributed by atoms with E-state index in [0.29, 0.717) is 39.7 Å². The Morgan fingerprint density at radius 3 is 2.64 bits per heavy atom. The van der Waals surface area contributed by atoms with Gasteiger partial charge in [0.1, 0.15) is 22.8 Å². The topological polar surface area (TPSA) is 124 Å². The van der Waals surface area contributed by atoms with Crippen LogP contribution in [0, 0.1) is 0 Å². The zero-order valence-electron chi connectivity index (χ0n) is 20.6. The zero-order valence-corrected chi connectivity index (χ0v) is 21.5. The van der Waals surface area contributed by atoms with E-state index in [1.807, 2.05) is 43.5 Å². The summed E-state index contributed by atoms with van der Waals surface area (Å²) < 4.78 is 1.78. The van der Waals surface area contributed by atoms with Gasteiger partial charge in [0.05, 0.1) is 10.6 Å². The molecule has 1 amide bonds. The van der Waals surface area contributed by atoms with E-state index in [9.17, 15) is 4.79 Å². The van der Waals surface area contributed by atoms with Crippen molar-refractivity contribution in [2.24, 2.45) is 5.16 Å². The maximum Gasteiger partial charge on any atom is 0.261 e. The molecule has 3 N–H and O–H groups in total. The summed E-state index contributed by atoms with van der Waals surface area (Å²) in [5, 5.41) is 12.3. The number of thiophene rings is 1. The van der Waals surface area contributed by atoms with E-state index in [2.05, 4.69) is 44.3 Å². The van der Waals surface area contributed by atoms with Crippen molar-refractivity contribution in [2.75, 3.05) is 38.5 Å². The average Bonchev–Trinajstić information content (AvgIpc) is 3.57. The molecule has 1 aromatic carbocycles. The number of nitrogens with zero attached hydrogens (tertiary/aromatic N) is 6. The van der Waals surface area contributed by atoms with Crippen molar-refractivity contribution in [3.63, 3.8) is 0 Å². The lowest BCUT2D eigenvalue weighted by Crippen LogP contribution is -2.26. The van der Waals surface area contributed by atoms with Gasteiger partial charge in [0, 0.05) is 36.4 Å². The Morgan fingerprint density at radius 2 is 1.97 bits per heavy atom. The molecule has 0 aliphatic heterocycles. The lowest BCUT2D eigenvalue weighted by atomic mass is 10.0. The van der Waals surface area contributed by atoms with E-state index in [-0.39, 0.29) is 11.9 Å². The quantitative estimate of drug-likeness (QED) is 0.182. The molecule has 0 aliphatic carbocycles. The summed E-state index contributed by atoms with van der Waals surface area (Å²) in [7, 11) is 0. The second kappa shape index (κ2) is 11.7. The van der Waals surface area contributed by atoms with Crippen LogP contribution in [0.15, 0.2) is 53.9 Å². The van der Waals surface area contributed by atoms with Gasteiger partial charge in [0.25, 0.3) is 5.91 Å². The summed E-state index contributed by atoms with van der Waals surface area (Å²) in [6.07, 6.45) is 3.61. The molecule has 0 radical (unpaired) electrons. The number of hydrogen-bond acceptors (Lipinski definition) is 9. The van der Waals surface area contributed by atoms with Crippen LogP contribution >= 0.6 is 11.3 Å². The van der Waals surface area contributed by atoms with Gasteiger partial charge in [-0.1, -0.05) is 31.1 Å². The number of nitrogens with one attached hydrogen (secondary N) is 1. The molecule has 0 aliphatic rings. The Labute approximate surface area is 213 Å². The fourth-order valence-electron chi connectivity index (χ4n) is 3.72. The normalized spacial score (nSPS) is 11.8. The molecule has 188 valence electrons. The van der Waals surface area contributed by atoms with Crippen LogP contribution in [0.3, 0.4) is 0 Å². The monoisotopic (exact) mass is 506 g/mol. The van der Waals surface area contributed by atoms with Crippen LogP contribution in [0.1, 0.15) is 41.7 Å². The summed E-state index contributed by atoms with van der Waals surface area (Å²) >= 11 is 1.27. The van der Waals surface area contributed by atoms with Gasteiger partial charge in [-0.2, -0.15) is 5.10 Å². The van der Waals surface area contributed by atoms with E-state index in [4.69, 9.17) is 10.6 Å². The summed E-state index contributed by atoms with van der Waals surface area (Å²) in [5.41, 5.74) is 8.80. The molecule has 3 heterocycles. The number of hydrogen-bond donors (Lipinski definition) is 2. The lowest BCUT2D eigenvalue weighted by Gasteiger charge is -2.16. The molecule has 4 rings (SSSR count). The molecular weight excluding hydrogens is 476 g/mol. The third-order valence-corrected chi connectivity index (χ3v) is 6.68. The van der Waals surface area contributed by atoms with Crippen LogP contribution in [0.2, 0.25) is 0 Å². The number of carbonyl (C=O) groups excluding carboxylic acids is 1.